The number of benzene rings is 2. The van der Waals surface area contributed by atoms with E-state index in [1.165, 1.54) is 18.2 Å². The maximum atomic E-state index is 13.1. The number of aliphatic hydroxyl groups is 1. The maximum absolute atomic E-state index is 13.1. The van der Waals surface area contributed by atoms with Crippen molar-refractivity contribution in [3.63, 3.8) is 0 Å². The van der Waals surface area contributed by atoms with Gasteiger partial charge < -0.3 is 9.84 Å². The highest BCUT2D eigenvalue weighted by Crippen LogP contribution is 2.42. The van der Waals surface area contributed by atoms with Gasteiger partial charge in [0.1, 0.15) is 17.3 Å². The molecule has 6 nitrogen and oxygen atoms in total. The number of pyridine rings is 1. The van der Waals surface area contributed by atoms with Gasteiger partial charge in [-0.05, 0) is 42.0 Å². The second-order valence-electron chi connectivity index (χ2n) is 6.76. The third-order valence-electron chi connectivity index (χ3n) is 4.94. The molecule has 1 aromatic heterocycles. The molecule has 1 saturated heterocycles. The zero-order valence-corrected chi connectivity index (χ0v) is 17.8. The van der Waals surface area contributed by atoms with Crippen LogP contribution in [0.5, 0.6) is 5.75 Å². The Morgan fingerprint density at radius 1 is 1.03 bits per heavy atom. The number of nitrogens with zero attached hydrogens (tertiary/aromatic N) is 2. The highest BCUT2D eigenvalue weighted by molar-refractivity contribution is 6.51. The summed E-state index contributed by atoms with van der Waals surface area (Å²) in [7, 11) is 1.49. The SMILES string of the molecule is COc1cccc(C(O)=C2C(=O)C(=O)N(c3ccccn3)[C@H]2c2ccc(Cl)c(Cl)c2)c1. The first-order valence-corrected chi connectivity index (χ1v) is 9.99. The molecule has 4 rings (SSSR count). The molecular formula is C23H16Cl2N2O4. The fraction of sp³-hybridized carbons (Fsp3) is 0.0870. The van der Waals surface area contributed by atoms with Gasteiger partial charge in [0.2, 0.25) is 0 Å². The first kappa shape index (κ1) is 20.9. The van der Waals surface area contributed by atoms with Crippen LogP contribution in [0, 0.1) is 0 Å². The third-order valence-corrected chi connectivity index (χ3v) is 5.68. The van der Waals surface area contributed by atoms with Crippen molar-refractivity contribution in [2.24, 2.45) is 0 Å². The molecule has 0 unspecified atom stereocenters. The summed E-state index contributed by atoms with van der Waals surface area (Å²) in [6.45, 7) is 0. The standard InChI is InChI=1S/C23H16Cl2N2O4/c1-31-15-6-4-5-14(11-15)21(28)19-20(13-8-9-16(24)17(25)12-13)27(23(30)22(19)29)18-7-2-3-10-26-18/h2-12,20,28H,1H3/t20-/m0/s1. The zero-order valence-electron chi connectivity index (χ0n) is 16.3. The number of Topliss-reactive ketones (excluding diaryl/α,β-unsaturated/α-hetero) is 1. The van der Waals surface area contributed by atoms with E-state index in [-0.39, 0.29) is 22.2 Å². The highest BCUT2D eigenvalue weighted by atomic mass is 35.5. The molecule has 1 fully saturated rings. The summed E-state index contributed by atoms with van der Waals surface area (Å²) in [5.41, 5.74) is 0.759. The summed E-state index contributed by atoms with van der Waals surface area (Å²) in [4.78, 5) is 31.6. The smallest absolute Gasteiger partial charge is 0.301 e. The number of aliphatic hydroxyl groups excluding tert-OH is 1. The summed E-state index contributed by atoms with van der Waals surface area (Å²) in [6, 6.07) is 15.4. The van der Waals surface area contributed by atoms with Gasteiger partial charge >= 0.3 is 5.91 Å². The van der Waals surface area contributed by atoms with E-state index < -0.39 is 17.7 Å². The third kappa shape index (κ3) is 3.76. The number of anilines is 1. The Balaban J connectivity index is 1.96. The number of ketones is 1. The van der Waals surface area contributed by atoms with Crippen molar-refractivity contribution in [2.45, 2.75) is 6.04 Å². The monoisotopic (exact) mass is 454 g/mol. The molecule has 0 radical (unpaired) electrons. The molecule has 0 saturated carbocycles. The van der Waals surface area contributed by atoms with Gasteiger partial charge in [-0.1, -0.05) is 47.5 Å². The number of amides is 1. The summed E-state index contributed by atoms with van der Waals surface area (Å²) in [6.07, 6.45) is 1.52. The summed E-state index contributed by atoms with van der Waals surface area (Å²) in [5, 5.41) is 11.7. The Morgan fingerprint density at radius 2 is 1.84 bits per heavy atom. The van der Waals surface area contributed by atoms with E-state index in [0.29, 0.717) is 21.9 Å². The Hall–Kier alpha value is -3.35. The molecule has 31 heavy (non-hydrogen) atoms. The predicted molar refractivity (Wildman–Crippen MR) is 118 cm³/mol. The molecule has 1 atom stereocenters. The van der Waals surface area contributed by atoms with Gasteiger partial charge in [-0.25, -0.2) is 4.98 Å². The molecule has 0 aliphatic carbocycles. The quantitative estimate of drug-likeness (QED) is 0.340. The van der Waals surface area contributed by atoms with Gasteiger partial charge in [-0.3, -0.25) is 14.5 Å². The average Bonchev–Trinajstić information content (AvgIpc) is 3.06. The van der Waals surface area contributed by atoms with Crippen LogP contribution in [0.15, 0.2) is 72.4 Å². The predicted octanol–water partition coefficient (Wildman–Crippen LogP) is 5.02. The summed E-state index contributed by atoms with van der Waals surface area (Å²) in [5.74, 6) is -1.20. The van der Waals surface area contributed by atoms with Gasteiger partial charge in [0.15, 0.2) is 0 Å². The lowest BCUT2D eigenvalue weighted by Crippen LogP contribution is -2.30. The number of hydrogen-bond acceptors (Lipinski definition) is 5. The number of carbonyl (C=O) groups excluding carboxylic acids is 2. The average molecular weight is 455 g/mol. The van der Waals surface area contributed by atoms with E-state index in [1.807, 2.05) is 0 Å². The van der Waals surface area contributed by atoms with Crippen molar-refractivity contribution in [3.05, 3.63) is 93.6 Å². The second kappa shape index (κ2) is 8.41. The normalized spacial score (nSPS) is 17.8. The maximum Gasteiger partial charge on any atom is 0.301 e. The summed E-state index contributed by atoms with van der Waals surface area (Å²) < 4.78 is 5.21. The van der Waals surface area contributed by atoms with Gasteiger partial charge in [0.05, 0.1) is 28.8 Å². The number of methoxy groups -OCH3 is 1. The van der Waals surface area contributed by atoms with Crippen LogP contribution >= 0.6 is 23.2 Å². The van der Waals surface area contributed by atoms with Crippen LogP contribution in [0.25, 0.3) is 5.76 Å². The molecule has 0 bridgehead atoms. The molecule has 1 N–H and O–H groups in total. The lowest BCUT2D eigenvalue weighted by atomic mass is 9.95. The lowest BCUT2D eigenvalue weighted by Gasteiger charge is -2.24. The number of rotatable bonds is 4. The van der Waals surface area contributed by atoms with Crippen molar-refractivity contribution in [1.82, 2.24) is 4.98 Å². The van der Waals surface area contributed by atoms with Gasteiger partial charge in [-0.2, -0.15) is 0 Å². The van der Waals surface area contributed by atoms with E-state index >= 15 is 0 Å². The molecule has 2 aromatic carbocycles. The minimum atomic E-state index is -0.948. The van der Waals surface area contributed by atoms with E-state index in [1.54, 1.807) is 60.7 Å². The Kier molecular flexibility index (Phi) is 5.67. The van der Waals surface area contributed by atoms with Crippen LogP contribution in [0.3, 0.4) is 0 Å². The Morgan fingerprint density at radius 3 is 2.52 bits per heavy atom. The molecule has 156 valence electrons. The van der Waals surface area contributed by atoms with Crippen LogP contribution in [0.1, 0.15) is 17.2 Å². The van der Waals surface area contributed by atoms with Crippen molar-refractivity contribution in [3.8, 4) is 5.75 Å². The first-order chi connectivity index (χ1) is 14.9. The van der Waals surface area contributed by atoms with E-state index in [0.717, 1.165) is 0 Å². The number of hydrogen-bond donors (Lipinski definition) is 1. The first-order valence-electron chi connectivity index (χ1n) is 9.23. The van der Waals surface area contributed by atoms with Crippen LogP contribution in [0.4, 0.5) is 5.82 Å². The molecule has 2 heterocycles. The fourth-order valence-electron chi connectivity index (χ4n) is 3.49. The van der Waals surface area contributed by atoms with Crippen LogP contribution in [0.2, 0.25) is 10.0 Å². The number of halogens is 2. The van der Waals surface area contributed by atoms with Crippen molar-refractivity contribution >= 4 is 46.5 Å². The van der Waals surface area contributed by atoms with Crippen LogP contribution in [-0.4, -0.2) is 28.9 Å². The van der Waals surface area contributed by atoms with Gasteiger partial charge in [0, 0.05) is 11.8 Å². The largest absolute Gasteiger partial charge is 0.507 e. The van der Waals surface area contributed by atoms with Crippen molar-refractivity contribution in [2.75, 3.05) is 12.0 Å². The minimum absolute atomic E-state index is 0.0812. The molecule has 3 aromatic rings. The lowest BCUT2D eigenvalue weighted by molar-refractivity contribution is -0.132. The molecule has 8 heteroatoms. The van der Waals surface area contributed by atoms with E-state index in [4.69, 9.17) is 27.9 Å². The van der Waals surface area contributed by atoms with Crippen LogP contribution < -0.4 is 9.64 Å². The second-order valence-corrected chi connectivity index (χ2v) is 7.58. The van der Waals surface area contributed by atoms with Crippen molar-refractivity contribution in [1.29, 1.82) is 0 Å². The Bertz CT molecular complexity index is 1210. The topological polar surface area (TPSA) is 79.7 Å². The van der Waals surface area contributed by atoms with Crippen LogP contribution in [-0.2, 0) is 9.59 Å². The minimum Gasteiger partial charge on any atom is -0.507 e. The zero-order chi connectivity index (χ0) is 22.1. The van der Waals surface area contributed by atoms with E-state index in [9.17, 15) is 14.7 Å². The summed E-state index contributed by atoms with van der Waals surface area (Å²) >= 11 is 12.3. The highest BCUT2D eigenvalue weighted by Gasteiger charge is 2.47. The molecular weight excluding hydrogens is 439 g/mol. The molecule has 0 spiro atoms. The van der Waals surface area contributed by atoms with Crippen molar-refractivity contribution < 1.29 is 19.4 Å². The number of carbonyl (C=O) groups is 2. The number of ether oxygens (including phenoxy) is 1. The molecule has 1 aliphatic heterocycles. The van der Waals surface area contributed by atoms with Gasteiger partial charge in [0.25, 0.3) is 5.78 Å². The Labute approximate surface area is 188 Å². The fourth-order valence-corrected chi connectivity index (χ4v) is 3.80. The molecule has 1 amide bonds. The van der Waals surface area contributed by atoms with Gasteiger partial charge in [-0.15, -0.1) is 0 Å². The van der Waals surface area contributed by atoms with E-state index in [2.05, 4.69) is 4.98 Å². The molecule has 1 aliphatic rings. The number of aromatic nitrogens is 1.